The number of carbonyl (C=O) groups excluding carboxylic acids is 4. The molecule has 0 unspecified atom stereocenters. The summed E-state index contributed by atoms with van der Waals surface area (Å²) >= 11 is 0. The van der Waals surface area contributed by atoms with Crippen LogP contribution in [0.1, 0.15) is 27.7 Å². The van der Waals surface area contributed by atoms with E-state index in [0.29, 0.717) is 0 Å². The summed E-state index contributed by atoms with van der Waals surface area (Å²) in [5.41, 5.74) is 0. The summed E-state index contributed by atoms with van der Waals surface area (Å²) in [6.07, 6.45) is 0. The van der Waals surface area contributed by atoms with Crippen molar-refractivity contribution in [2.24, 2.45) is 0 Å². The molecule has 0 bridgehead atoms. The summed E-state index contributed by atoms with van der Waals surface area (Å²) in [5, 5.41) is 35.6. The maximum atomic E-state index is 8.89. The van der Waals surface area contributed by atoms with Crippen LogP contribution in [-0.2, 0) is 36.2 Å². The monoisotopic (exact) mass is 363 g/mol. The summed E-state index contributed by atoms with van der Waals surface area (Å²) in [7, 11) is 0. The van der Waals surface area contributed by atoms with Crippen molar-refractivity contribution in [3.63, 3.8) is 0 Å². The second kappa shape index (κ2) is 51.7. The Balaban J connectivity index is -0.0000000121. The van der Waals surface area contributed by atoms with Gasteiger partial charge in [0, 0.05) is 40.9 Å². The van der Waals surface area contributed by atoms with Gasteiger partial charge in [-0.2, -0.15) is 0 Å². The predicted molar refractivity (Wildman–Crippen MR) is 57.2 cm³/mol. The first-order valence-corrected chi connectivity index (χ1v) is 3.63. The predicted octanol–water partition coefficient (Wildman–Crippen LogP) is -8.28. The minimum Gasteiger partial charge on any atom is -0.550 e. The molecule has 0 atom stereocenters. The van der Waals surface area contributed by atoms with Crippen LogP contribution in [0.15, 0.2) is 0 Å². The maximum absolute atomic E-state index is 8.89. The zero-order chi connectivity index (χ0) is 14.3. The van der Waals surface area contributed by atoms with Crippen LogP contribution >= 0.6 is 0 Å². The maximum Gasteiger partial charge on any atom is 0.0383 e. The van der Waals surface area contributed by atoms with E-state index in [9.17, 15) is 0 Å². The number of carboxylic acids is 4. The van der Waals surface area contributed by atoms with Gasteiger partial charge in [-0.3, -0.25) is 0 Å². The zero-order valence-electron chi connectivity index (χ0n) is 11.6. The Labute approximate surface area is 131 Å². The van der Waals surface area contributed by atoms with E-state index in [0.717, 1.165) is 27.7 Å². The molecule has 0 fully saturated rings. The largest absolute Gasteiger partial charge is 0.550 e. The smallest absolute Gasteiger partial charge is 0.0383 e. The van der Waals surface area contributed by atoms with Crippen molar-refractivity contribution in [3.05, 3.63) is 0 Å². The molecule has 0 spiro atoms. The third-order valence-electron chi connectivity index (χ3n) is 0. The van der Waals surface area contributed by atoms with Crippen molar-refractivity contribution in [3.8, 4) is 0 Å². The fourth-order valence-electron chi connectivity index (χ4n) is 0. The van der Waals surface area contributed by atoms with E-state index in [4.69, 9.17) is 39.6 Å². The first kappa shape index (κ1) is 61.0. The third kappa shape index (κ3) is 1550. The van der Waals surface area contributed by atoms with Crippen molar-refractivity contribution >= 4 is 23.9 Å². The average Bonchev–Trinajstić information content (AvgIpc) is 1.76. The van der Waals surface area contributed by atoms with Gasteiger partial charge in [0.2, 0.25) is 0 Å². The van der Waals surface area contributed by atoms with Crippen molar-refractivity contribution in [2.75, 3.05) is 0 Å². The molecule has 21 heavy (non-hydrogen) atoms. The Bertz CT molecular complexity index is 165. The van der Waals surface area contributed by atoms with Crippen LogP contribution in [0, 0.1) is 0 Å². The Morgan fingerprint density at radius 3 is 0.476 bits per heavy atom. The van der Waals surface area contributed by atoms with Crippen LogP contribution in [0.5, 0.6) is 0 Å². The Morgan fingerprint density at radius 2 is 0.476 bits per heavy atom. The van der Waals surface area contributed by atoms with Gasteiger partial charge >= 0.3 is 0 Å². The molecule has 0 heterocycles. The third-order valence-corrected chi connectivity index (χ3v) is 0. The molecule has 0 aromatic heterocycles. The minimum atomic E-state index is -1.08. The number of aliphatic carboxylic acids is 4. The fourth-order valence-corrected chi connectivity index (χ4v) is 0. The van der Waals surface area contributed by atoms with Gasteiger partial charge in [-0.25, -0.2) is 0 Å². The molecule has 8 N–H and O–H groups in total. The number of hydrogen-bond donors (Lipinski definition) is 0. The molecular weight excluding hydrogens is 343 g/mol. The molecule has 135 valence electrons. The molecule has 0 aliphatic heterocycles. The van der Waals surface area contributed by atoms with Gasteiger partial charge in [-0.1, -0.05) is 0 Å². The van der Waals surface area contributed by atoms with Crippen molar-refractivity contribution in [1.29, 1.82) is 0 Å². The van der Waals surface area contributed by atoms with E-state index in [2.05, 4.69) is 0 Å². The molecule has 0 aliphatic rings. The molecule has 0 saturated heterocycles. The van der Waals surface area contributed by atoms with E-state index >= 15 is 0 Å². The van der Waals surface area contributed by atoms with Crippen molar-refractivity contribution in [1.82, 2.24) is 0 Å². The van der Waals surface area contributed by atoms with Crippen LogP contribution in [-0.4, -0.2) is 45.8 Å². The SMILES string of the molecule is CC(=O)[O-].CC(=O)[O-].CC(=O)[O-].CC(=O)[O-].O.O.O.O.[Mn]. The van der Waals surface area contributed by atoms with Gasteiger partial charge in [-0.05, 0) is 27.7 Å². The van der Waals surface area contributed by atoms with E-state index in [1.807, 2.05) is 0 Å². The van der Waals surface area contributed by atoms with Crippen molar-refractivity contribution < 1.29 is 78.6 Å². The van der Waals surface area contributed by atoms with Gasteiger partial charge in [-0.15, -0.1) is 0 Å². The Kier molecular flexibility index (Phi) is 150. The normalized spacial score (nSPS) is 4.76. The van der Waals surface area contributed by atoms with Crippen LogP contribution in [0.3, 0.4) is 0 Å². The van der Waals surface area contributed by atoms with Crippen LogP contribution in [0.4, 0.5) is 0 Å². The summed E-state index contributed by atoms with van der Waals surface area (Å²) in [5.74, 6) is -4.33. The summed E-state index contributed by atoms with van der Waals surface area (Å²) in [6, 6.07) is 0. The van der Waals surface area contributed by atoms with Gasteiger partial charge in [0.05, 0.1) is 0 Å². The summed E-state index contributed by atoms with van der Waals surface area (Å²) in [4.78, 5) is 35.6. The summed E-state index contributed by atoms with van der Waals surface area (Å²) < 4.78 is 0. The van der Waals surface area contributed by atoms with Gasteiger partial charge in [0.1, 0.15) is 0 Å². The fraction of sp³-hybridized carbons (Fsp3) is 0.500. The molecule has 0 rings (SSSR count). The van der Waals surface area contributed by atoms with E-state index in [1.54, 1.807) is 0 Å². The Morgan fingerprint density at radius 1 is 0.476 bits per heavy atom. The van der Waals surface area contributed by atoms with Crippen LogP contribution < -0.4 is 20.4 Å². The molecule has 0 aliphatic carbocycles. The number of rotatable bonds is 0. The van der Waals surface area contributed by atoms with E-state index in [1.165, 1.54) is 0 Å². The molecule has 0 saturated carbocycles. The number of hydrogen-bond acceptors (Lipinski definition) is 8. The van der Waals surface area contributed by atoms with Crippen molar-refractivity contribution in [2.45, 2.75) is 27.7 Å². The quantitative estimate of drug-likeness (QED) is 0.371. The second-order valence-electron chi connectivity index (χ2n) is 1.97. The van der Waals surface area contributed by atoms with Crippen LogP contribution in [0.2, 0.25) is 0 Å². The molecule has 1 radical (unpaired) electrons. The van der Waals surface area contributed by atoms with Crippen LogP contribution in [0.25, 0.3) is 0 Å². The molecule has 13 heteroatoms. The second-order valence-corrected chi connectivity index (χ2v) is 1.97. The number of carboxylic acid groups (broad SMARTS) is 4. The zero-order valence-corrected chi connectivity index (χ0v) is 12.8. The standard InChI is InChI=1S/4C2H4O2.Mn.4H2O/c4*1-2(3)4;;;;;/h4*1H3,(H,3,4);;4*1H2/p-4. The molecule has 0 aromatic carbocycles. The number of carbonyl (C=O) groups is 4. The minimum absolute atomic E-state index is 0. The van der Waals surface area contributed by atoms with Gasteiger partial charge < -0.3 is 61.5 Å². The molecule has 0 amide bonds. The Hall–Kier alpha value is -1.76. The molecular formula is C8H20MnO12-4. The molecule has 0 aromatic rings. The first-order valence-electron chi connectivity index (χ1n) is 3.63. The van der Waals surface area contributed by atoms with Gasteiger partial charge in [0.15, 0.2) is 0 Å². The summed E-state index contributed by atoms with van der Waals surface area (Å²) in [6.45, 7) is 3.89. The average molecular weight is 363 g/mol. The first-order chi connectivity index (χ1) is 6.93. The van der Waals surface area contributed by atoms with E-state index in [-0.39, 0.29) is 39.0 Å². The topological polar surface area (TPSA) is 287 Å². The molecule has 12 nitrogen and oxygen atoms in total. The van der Waals surface area contributed by atoms with Gasteiger partial charge in [0.25, 0.3) is 0 Å². The van der Waals surface area contributed by atoms with E-state index < -0.39 is 23.9 Å².